The van der Waals surface area contributed by atoms with E-state index in [2.05, 4.69) is 15.4 Å². The number of rotatable bonds is 2. The van der Waals surface area contributed by atoms with Gasteiger partial charge in [-0.25, -0.2) is 9.50 Å². The third kappa shape index (κ3) is 2.09. The summed E-state index contributed by atoms with van der Waals surface area (Å²) >= 11 is 0. The third-order valence-corrected chi connectivity index (χ3v) is 6.29. The maximum absolute atomic E-state index is 12.8. The van der Waals surface area contributed by atoms with Crippen molar-refractivity contribution >= 4 is 11.6 Å². The first kappa shape index (κ1) is 14.4. The van der Waals surface area contributed by atoms with Crippen LogP contribution in [0.4, 0.5) is 0 Å². The highest BCUT2D eigenvalue weighted by Crippen LogP contribution is 2.55. The molecule has 4 aliphatic rings. The number of aromatic nitrogens is 3. The normalized spacial score (nSPS) is 37.1. The Morgan fingerprint density at radius 1 is 1.33 bits per heavy atom. The van der Waals surface area contributed by atoms with E-state index in [1.165, 1.54) is 0 Å². The molecule has 0 spiro atoms. The van der Waals surface area contributed by atoms with Gasteiger partial charge < -0.3 is 10.4 Å². The SMILES string of the molecule is Cc1ccn2ncc(C(=O)NC3C4CC5CC3CC(O)(C5)C4)c2n1. The molecule has 2 heterocycles. The van der Waals surface area contributed by atoms with Crippen molar-refractivity contribution in [3.05, 3.63) is 29.7 Å². The molecule has 2 N–H and O–H groups in total. The van der Waals surface area contributed by atoms with E-state index in [0.717, 1.165) is 37.8 Å². The zero-order valence-corrected chi connectivity index (χ0v) is 13.8. The Hall–Kier alpha value is -1.95. The topological polar surface area (TPSA) is 79.5 Å². The van der Waals surface area contributed by atoms with E-state index in [4.69, 9.17) is 0 Å². The van der Waals surface area contributed by atoms with Gasteiger partial charge in [-0.15, -0.1) is 0 Å². The highest BCUT2D eigenvalue weighted by atomic mass is 16.3. The molecule has 24 heavy (non-hydrogen) atoms. The van der Waals surface area contributed by atoms with Gasteiger partial charge in [0.05, 0.1) is 11.8 Å². The van der Waals surface area contributed by atoms with Gasteiger partial charge in [-0.2, -0.15) is 5.10 Å². The van der Waals surface area contributed by atoms with Crippen LogP contribution in [-0.2, 0) is 0 Å². The van der Waals surface area contributed by atoms with Crippen LogP contribution in [0.1, 0.15) is 48.2 Å². The lowest BCUT2D eigenvalue weighted by molar-refractivity contribution is -0.136. The van der Waals surface area contributed by atoms with Gasteiger partial charge in [0.2, 0.25) is 0 Å². The maximum atomic E-state index is 12.8. The molecule has 6 heteroatoms. The molecule has 2 unspecified atom stereocenters. The van der Waals surface area contributed by atoms with Crippen molar-refractivity contribution in [1.29, 1.82) is 0 Å². The molecule has 0 radical (unpaired) electrons. The number of carbonyl (C=O) groups is 1. The van der Waals surface area contributed by atoms with Gasteiger partial charge in [-0.1, -0.05) is 0 Å². The maximum Gasteiger partial charge on any atom is 0.257 e. The smallest absolute Gasteiger partial charge is 0.257 e. The van der Waals surface area contributed by atoms with Crippen LogP contribution < -0.4 is 5.32 Å². The lowest BCUT2D eigenvalue weighted by Crippen LogP contribution is -2.61. The van der Waals surface area contributed by atoms with Crippen molar-refractivity contribution in [2.24, 2.45) is 17.8 Å². The first-order valence-corrected chi connectivity index (χ1v) is 8.85. The highest BCUT2D eigenvalue weighted by Gasteiger charge is 2.55. The van der Waals surface area contributed by atoms with Crippen molar-refractivity contribution in [3.63, 3.8) is 0 Å². The quantitative estimate of drug-likeness (QED) is 0.880. The number of hydrogen-bond acceptors (Lipinski definition) is 4. The number of nitrogens with one attached hydrogen (secondary N) is 1. The molecular formula is C18H22N4O2. The summed E-state index contributed by atoms with van der Waals surface area (Å²) in [4.78, 5) is 17.3. The molecule has 4 fully saturated rings. The lowest BCUT2D eigenvalue weighted by atomic mass is 9.52. The minimum absolute atomic E-state index is 0.0902. The largest absolute Gasteiger partial charge is 0.390 e. The zero-order chi connectivity index (χ0) is 16.5. The Labute approximate surface area is 140 Å². The second-order valence-corrected chi connectivity index (χ2v) is 8.09. The summed E-state index contributed by atoms with van der Waals surface area (Å²) < 4.78 is 1.64. The van der Waals surface area contributed by atoms with Gasteiger partial charge in [0.1, 0.15) is 5.56 Å². The summed E-state index contributed by atoms with van der Waals surface area (Å²) in [7, 11) is 0. The molecule has 126 valence electrons. The number of fused-ring (bicyclic) bond motifs is 1. The van der Waals surface area contributed by atoms with Crippen molar-refractivity contribution in [1.82, 2.24) is 19.9 Å². The van der Waals surface area contributed by atoms with Crippen LogP contribution in [0, 0.1) is 24.7 Å². The number of nitrogens with zero attached hydrogens (tertiary/aromatic N) is 3. The molecule has 4 saturated carbocycles. The summed E-state index contributed by atoms with van der Waals surface area (Å²) in [5.74, 6) is 1.36. The van der Waals surface area contributed by atoms with E-state index in [1.54, 1.807) is 10.7 Å². The molecule has 2 aromatic heterocycles. The zero-order valence-electron chi connectivity index (χ0n) is 13.8. The van der Waals surface area contributed by atoms with Crippen molar-refractivity contribution in [3.8, 4) is 0 Å². The lowest BCUT2D eigenvalue weighted by Gasteiger charge is -2.58. The number of carbonyl (C=O) groups excluding carboxylic acids is 1. The van der Waals surface area contributed by atoms with Gasteiger partial charge in [0.15, 0.2) is 5.65 Å². The number of hydrogen-bond donors (Lipinski definition) is 2. The fraction of sp³-hybridized carbons (Fsp3) is 0.611. The summed E-state index contributed by atoms with van der Waals surface area (Å²) in [6, 6.07) is 2.05. The Morgan fingerprint density at radius 3 is 2.79 bits per heavy atom. The van der Waals surface area contributed by atoms with E-state index in [1.807, 2.05) is 19.2 Å². The molecule has 2 aromatic rings. The highest BCUT2D eigenvalue weighted by molar-refractivity contribution is 5.99. The molecule has 0 aliphatic heterocycles. The predicted molar refractivity (Wildman–Crippen MR) is 87.5 cm³/mol. The Morgan fingerprint density at radius 2 is 2.08 bits per heavy atom. The van der Waals surface area contributed by atoms with Crippen LogP contribution in [-0.4, -0.2) is 37.3 Å². The summed E-state index contributed by atoms with van der Waals surface area (Å²) in [5.41, 5.74) is 1.54. The fourth-order valence-corrected chi connectivity index (χ4v) is 5.57. The van der Waals surface area contributed by atoms with Crippen LogP contribution in [0.2, 0.25) is 0 Å². The summed E-state index contributed by atoms with van der Waals surface area (Å²) in [6.45, 7) is 1.91. The van der Waals surface area contributed by atoms with E-state index in [0.29, 0.717) is 29.0 Å². The first-order valence-electron chi connectivity index (χ1n) is 8.85. The van der Waals surface area contributed by atoms with Crippen LogP contribution in [0.15, 0.2) is 18.5 Å². The van der Waals surface area contributed by atoms with Gasteiger partial charge in [0.25, 0.3) is 5.91 Å². The number of amides is 1. The van der Waals surface area contributed by atoms with Crippen molar-refractivity contribution < 1.29 is 9.90 Å². The molecule has 6 rings (SSSR count). The van der Waals surface area contributed by atoms with Crippen LogP contribution in [0.25, 0.3) is 5.65 Å². The molecule has 6 nitrogen and oxygen atoms in total. The minimum Gasteiger partial charge on any atom is -0.390 e. The van der Waals surface area contributed by atoms with Crippen LogP contribution in [0.5, 0.6) is 0 Å². The van der Waals surface area contributed by atoms with Gasteiger partial charge in [-0.05, 0) is 62.8 Å². The molecule has 1 amide bonds. The predicted octanol–water partition coefficient (Wildman–Crippen LogP) is 1.71. The second-order valence-electron chi connectivity index (χ2n) is 8.09. The fourth-order valence-electron chi connectivity index (χ4n) is 5.57. The monoisotopic (exact) mass is 326 g/mol. The molecule has 0 saturated heterocycles. The van der Waals surface area contributed by atoms with E-state index < -0.39 is 5.60 Å². The molecular weight excluding hydrogens is 304 g/mol. The van der Waals surface area contributed by atoms with E-state index in [9.17, 15) is 9.90 Å². The first-order chi connectivity index (χ1) is 11.5. The number of aliphatic hydroxyl groups is 1. The van der Waals surface area contributed by atoms with Crippen molar-refractivity contribution in [2.75, 3.05) is 0 Å². The molecule has 4 bridgehead atoms. The third-order valence-electron chi connectivity index (χ3n) is 6.29. The average molecular weight is 326 g/mol. The van der Waals surface area contributed by atoms with Gasteiger partial charge in [-0.3, -0.25) is 4.79 Å². The molecule has 4 aliphatic carbocycles. The standard InChI is InChI=1S/C18H22N4O2/c1-10-2-3-22-16(20-10)14(9-19-22)17(23)21-15-12-4-11-5-13(15)8-18(24,6-11)7-12/h2-3,9,11-13,15,24H,4-8H2,1H3,(H,21,23). The number of aryl methyl sites for hydroxylation is 1. The summed E-state index contributed by atoms with van der Waals surface area (Å²) in [5, 5.41) is 18.2. The van der Waals surface area contributed by atoms with Crippen LogP contribution in [0.3, 0.4) is 0 Å². The van der Waals surface area contributed by atoms with Gasteiger partial charge >= 0.3 is 0 Å². The Kier molecular flexibility index (Phi) is 2.87. The minimum atomic E-state index is -0.471. The summed E-state index contributed by atoms with van der Waals surface area (Å²) in [6.07, 6.45) is 8.31. The van der Waals surface area contributed by atoms with Gasteiger partial charge in [0, 0.05) is 17.9 Å². The van der Waals surface area contributed by atoms with E-state index in [-0.39, 0.29) is 11.9 Å². The second kappa shape index (κ2) is 4.79. The van der Waals surface area contributed by atoms with Crippen molar-refractivity contribution in [2.45, 2.75) is 50.7 Å². The Bertz CT molecular complexity index is 814. The molecule has 0 aromatic carbocycles. The molecule has 2 atom stereocenters. The Balaban J connectivity index is 1.41. The van der Waals surface area contributed by atoms with E-state index >= 15 is 0 Å². The van der Waals surface area contributed by atoms with Crippen LogP contribution >= 0.6 is 0 Å². The average Bonchev–Trinajstić information content (AvgIpc) is 2.92.